The van der Waals surface area contributed by atoms with E-state index in [9.17, 15) is 4.79 Å². The van der Waals surface area contributed by atoms with Crippen LogP contribution in [0.25, 0.3) is 11.0 Å². The van der Waals surface area contributed by atoms with Gasteiger partial charge in [0.2, 0.25) is 0 Å². The average Bonchev–Trinajstić information content (AvgIpc) is 3.14. The Morgan fingerprint density at radius 1 is 1.10 bits per heavy atom. The van der Waals surface area contributed by atoms with Crippen molar-refractivity contribution in [3.8, 4) is 0 Å². The van der Waals surface area contributed by atoms with E-state index in [0.717, 1.165) is 33.9 Å². The minimum atomic E-state index is -0.0277. The van der Waals surface area contributed by atoms with Crippen LogP contribution < -0.4 is 5.32 Å². The van der Waals surface area contributed by atoms with Gasteiger partial charge in [0.05, 0.1) is 23.8 Å². The van der Waals surface area contributed by atoms with Gasteiger partial charge in [-0.1, -0.05) is 60.6 Å². The zero-order chi connectivity index (χ0) is 21.6. The highest BCUT2D eigenvalue weighted by Crippen LogP contribution is 2.27. The highest BCUT2D eigenvalue weighted by molar-refractivity contribution is 7.98. The zero-order valence-electron chi connectivity index (χ0n) is 17.8. The van der Waals surface area contributed by atoms with Crippen molar-refractivity contribution in [3.05, 3.63) is 89.2 Å². The maximum Gasteiger partial charge on any atom is 0.251 e. The van der Waals surface area contributed by atoms with Crippen LogP contribution in [0.4, 0.5) is 0 Å². The molecule has 0 atom stereocenters. The van der Waals surface area contributed by atoms with Gasteiger partial charge in [0, 0.05) is 24.1 Å². The molecule has 0 saturated heterocycles. The minimum absolute atomic E-state index is 0.0277. The number of amides is 1. The van der Waals surface area contributed by atoms with Crippen molar-refractivity contribution in [2.75, 3.05) is 6.54 Å². The van der Waals surface area contributed by atoms with E-state index in [-0.39, 0.29) is 5.91 Å². The number of fused-ring (bicyclic) bond motifs is 1. The minimum Gasteiger partial charge on any atom is -0.352 e. The van der Waals surface area contributed by atoms with Crippen LogP contribution >= 0.6 is 11.8 Å². The number of carbonyl (C=O) groups excluding carboxylic acids is 1. The summed E-state index contributed by atoms with van der Waals surface area (Å²) in [5.74, 6) is 0.828. The Kier molecular flexibility index (Phi) is 6.67. The number of nitrogens with zero attached hydrogens (tertiary/aromatic N) is 3. The second-order valence-electron chi connectivity index (χ2n) is 7.58. The maximum atomic E-state index is 12.2. The van der Waals surface area contributed by atoms with Gasteiger partial charge in [-0.25, -0.2) is 4.98 Å². The van der Waals surface area contributed by atoms with Gasteiger partial charge in [-0.15, -0.1) is 0 Å². The highest BCUT2D eigenvalue weighted by atomic mass is 32.2. The summed E-state index contributed by atoms with van der Waals surface area (Å²) in [6.45, 7) is 5.52. The molecule has 0 saturated carbocycles. The lowest BCUT2D eigenvalue weighted by Gasteiger charge is -2.10. The number of pyridine rings is 1. The molecule has 0 bridgehead atoms. The summed E-state index contributed by atoms with van der Waals surface area (Å²) in [6.07, 6.45) is 4.57. The summed E-state index contributed by atoms with van der Waals surface area (Å²) >= 11 is 1.73. The molecule has 158 valence electrons. The summed E-state index contributed by atoms with van der Waals surface area (Å²) in [5, 5.41) is 3.88. The van der Waals surface area contributed by atoms with Crippen molar-refractivity contribution in [1.82, 2.24) is 19.9 Å². The first kappa shape index (κ1) is 21.1. The van der Waals surface area contributed by atoms with Crippen LogP contribution in [0.1, 0.15) is 40.4 Å². The van der Waals surface area contributed by atoms with E-state index in [1.54, 1.807) is 18.0 Å². The summed E-state index contributed by atoms with van der Waals surface area (Å²) in [4.78, 5) is 21.3. The third-order valence-electron chi connectivity index (χ3n) is 5.06. The van der Waals surface area contributed by atoms with E-state index >= 15 is 0 Å². The molecule has 5 nitrogen and oxygen atoms in total. The molecule has 1 amide bonds. The number of hydrogen-bond acceptors (Lipinski definition) is 4. The van der Waals surface area contributed by atoms with E-state index in [2.05, 4.69) is 46.1 Å². The van der Waals surface area contributed by atoms with Crippen molar-refractivity contribution in [3.63, 3.8) is 0 Å². The number of thioether (sulfide) groups is 1. The van der Waals surface area contributed by atoms with Gasteiger partial charge in [0.15, 0.2) is 5.16 Å². The van der Waals surface area contributed by atoms with Gasteiger partial charge >= 0.3 is 0 Å². The monoisotopic (exact) mass is 430 g/mol. The predicted molar refractivity (Wildman–Crippen MR) is 126 cm³/mol. The van der Waals surface area contributed by atoms with Gasteiger partial charge in [0.1, 0.15) is 0 Å². The van der Waals surface area contributed by atoms with Gasteiger partial charge in [-0.3, -0.25) is 9.78 Å². The molecule has 0 unspecified atom stereocenters. The summed E-state index contributed by atoms with van der Waals surface area (Å²) in [5.41, 5.74) is 6.30. The molecule has 1 N–H and O–H groups in total. The lowest BCUT2D eigenvalue weighted by molar-refractivity contribution is 0.0953. The second-order valence-corrected chi connectivity index (χ2v) is 8.52. The molecular weight excluding hydrogens is 404 g/mol. The van der Waals surface area contributed by atoms with Crippen molar-refractivity contribution < 1.29 is 4.79 Å². The van der Waals surface area contributed by atoms with Crippen molar-refractivity contribution >= 4 is 28.7 Å². The smallest absolute Gasteiger partial charge is 0.251 e. The number of rotatable bonds is 8. The standard InChI is InChI=1S/C25H26N4OS/c1-3-12-27-24(30)21-9-7-19(8-10-21)16-29-23-15-26-13-11-22(23)28-25(29)31-17-20-6-4-5-18(2)14-20/h4-11,13-15H,3,12,16-17H2,1-2H3,(H,27,30). The van der Waals surface area contributed by atoms with Crippen LogP contribution in [-0.4, -0.2) is 27.0 Å². The first-order chi connectivity index (χ1) is 15.1. The third-order valence-corrected chi connectivity index (χ3v) is 6.11. The number of carbonyl (C=O) groups is 1. The van der Waals surface area contributed by atoms with Crippen molar-refractivity contribution in [2.24, 2.45) is 0 Å². The molecule has 2 aromatic carbocycles. The largest absolute Gasteiger partial charge is 0.352 e. The number of benzene rings is 2. The molecule has 6 heteroatoms. The number of imidazole rings is 1. The summed E-state index contributed by atoms with van der Waals surface area (Å²) in [7, 11) is 0. The number of nitrogens with one attached hydrogen (secondary N) is 1. The van der Waals surface area contributed by atoms with Crippen LogP contribution in [0.2, 0.25) is 0 Å². The number of hydrogen-bond donors (Lipinski definition) is 1. The molecule has 4 aromatic rings. The van der Waals surface area contributed by atoms with Gasteiger partial charge in [-0.2, -0.15) is 0 Å². The lowest BCUT2D eigenvalue weighted by Crippen LogP contribution is -2.23. The predicted octanol–water partition coefficient (Wildman–Crippen LogP) is 5.22. The number of aryl methyl sites for hydroxylation is 1. The van der Waals surface area contributed by atoms with E-state index < -0.39 is 0 Å². The van der Waals surface area contributed by atoms with E-state index in [1.807, 2.05) is 43.5 Å². The Hall–Kier alpha value is -3.12. The Morgan fingerprint density at radius 2 is 1.94 bits per heavy atom. The molecule has 31 heavy (non-hydrogen) atoms. The zero-order valence-corrected chi connectivity index (χ0v) is 18.7. The van der Waals surface area contributed by atoms with Crippen molar-refractivity contribution in [2.45, 2.75) is 37.7 Å². The van der Waals surface area contributed by atoms with Crippen LogP contribution in [-0.2, 0) is 12.3 Å². The number of aromatic nitrogens is 3. The Bertz CT molecular complexity index is 1180. The van der Waals surface area contributed by atoms with Gasteiger partial charge in [0.25, 0.3) is 5.91 Å². The fourth-order valence-corrected chi connectivity index (χ4v) is 4.40. The van der Waals surface area contributed by atoms with E-state index in [0.29, 0.717) is 18.7 Å². The first-order valence-corrected chi connectivity index (χ1v) is 11.5. The quantitative estimate of drug-likeness (QED) is 0.389. The van der Waals surface area contributed by atoms with E-state index in [4.69, 9.17) is 4.98 Å². The van der Waals surface area contributed by atoms with E-state index in [1.165, 1.54) is 11.1 Å². The topological polar surface area (TPSA) is 59.8 Å². The van der Waals surface area contributed by atoms with Crippen LogP contribution in [0.3, 0.4) is 0 Å². The summed E-state index contributed by atoms with van der Waals surface area (Å²) < 4.78 is 2.20. The Balaban J connectivity index is 1.56. The molecule has 4 rings (SSSR count). The molecule has 0 aliphatic carbocycles. The molecule has 0 aliphatic heterocycles. The van der Waals surface area contributed by atoms with Crippen LogP contribution in [0.15, 0.2) is 72.1 Å². The first-order valence-electron chi connectivity index (χ1n) is 10.5. The van der Waals surface area contributed by atoms with Crippen LogP contribution in [0.5, 0.6) is 0 Å². The molecule has 2 heterocycles. The highest BCUT2D eigenvalue weighted by Gasteiger charge is 2.13. The third kappa shape index (κ3) is 5.14. The van der Waals surface area contributed by atoms with Crippen LogP contribution in [0, 0.1) is 6.92 Å². The normalized spacial score (nSPS) is 11.0. The molecular formula is C25H26N4OS. The lowest BCUT2D eigenvalue weighted by atomic mass is 10.1. The maximum absolute atomic E-state index is 12.2. The average molecular weight is 431 g/mol. The molecule has 0 radical (unpaired) electrons. The summed E-state index contributed by atoms with van der Waals surface area (Å²) in [6, 6.07) is 18.3. The molecule has 0 fully saturated rings. The molecule has 0 aliphatic rings. The SMILES string of the molecule is CCCNC(=O)c1ccc(Cn2c(SCc3cccc(C)c3)nc3ccncc32)cc1. The van der Waals surface area contributed by atoms with Gasteiger partial charge in [-0.05, 0) is 42.7 Å². The van der Waals surface area contributed by atoms with Crippen molar-refractivity contribution in [1.29, 1.82) is 0 Å². The van der Waals surface area contributed by atoms with Gasteiger partial charge < -0.3 is 9.88 Å². The Labute approximate surface area is 186 Å². The fraction of sp³-hybridized carbons (Fsp3) is 0.240. The Morgan fingerprint density at radius 3 is 2.71 bits per heavy atom. The molecule has 0 spiro atoms. The fourth-order valence-electron chi connectivity index (χ4n) is 3.45. The second kappa shape index (κ2) is 9.79. The molecule has 2 aromatic heterocycles.